The maximum Gasteiger partial charge on any atom is 0.235 e. The molecule has 1 aromatic heterocycles. The fourth-order valence-electron chi connectivity index (χ4n) is 2.84. The minimum Gasteiger partial charge on any atom is -0.360 e. The Morgan fingerprint density at radius 3 is 2.46 bits per heavy atom. The Bertz CT molecular complexity index is 781. The lowest BCUT2D eigenvalue weighted by Gasteiger charge is -2.15. The van der Waals surface area contributed by atoms with Crippen LogP contribution in [0.4, 0.5) is 5.82 Å². The van der Waals surface area contributed by atoms with Gasteiger partial charge in [0.25, 0.3) is 0 Å². The van der Waals surface area contributed by atoms with E-state index in [0.29, 0.717) is 23.1 Å². The number of Topliss-reactive ketones (excluding diaryl/α,β-unsaturated/α-hetero) is 1. The highest BCUT2D eigenvalue weighted by molar-refractivity contribution is 7.99. The number of carbonyl (C=O) groups is 2. The number of amides is 1. The maximum absolute atomic E-state index is 11.9. The number of aromatic nitrogens is 1. The minimum absolute atomic E-state index is 0.0791. The van der Waals surface area contributed by atoms with Gasteiger partial charge in [0, 0.05) is 17.4 Å². The normalized spacial score (nSPS) is 10.7. The summed E-state index contributed by atoms with van der Waals surface area (Å²) in [6, 6.07) is 3.72. The standard InChI is InChI=1S/C18H22N2O3S/c1-10-6-11(2)18(14(5)21)13(4)15(10)8-24-9-17(22)19-16-7-12(3)23-20-16/h6-7H,8-9H2,1-5H3,(H,19,20,22). The molecular formula is C18H22N2O3S. The molecule has 1 aromatic carbocycles. The molecule has 2 aromatic rings. The number of anilines is 1. The second-order valence-electron chi connectivity index (χ2n) is 5.91. The van der Waals surface area contributed by atoms with Gasteiger partial charge in [-0.15, -0.1) is 11.8 Å². The molecule has 128 valence electrons. The molecule has 1 heterocycles. The van der Waals surface area contributed by atoms with Crippen LogP contribution in [0.5, 0.6) is 0 Å². The topological polar surface area (TPSA) is 72.2 Å². The van der Waals surface area contributed by atoms with E-state index in [9.17, 15) is 9.59 Å². The summed E-state index contributed by atoms with van der Waals surface area (Å²) in [7, 11) is 0. The van der Waals surface area contributed by atoms with Gasteiger partial charge in [-0.2, -0.15) is 0 Å². The van der Waals surface area contributed by atoms with Gasteiger partial charge < -0.3 is 9.84 Å². The van der Waals surface area contributed by atoms with E-state index in [0.717, 1.165) is 27.8 Å². The van der Waals surface area contributed by atoms with Gasteiger partial charge in [0.2, 0.25) is 5.91 Å². The van der Waals surface area contributed by atoms with Crippen molar-refractivity contribution in [2.24, 2.45) is 0 Å². The third-order valence-electron chi connectivity index (χ3n) is 3.86. The summed E-state index contributed by atoms with van der Waals surface area (Å²) < 4.78 is 4.91. The van der Waals surface area contributed by atoms with E-state index in [1.165, 1.54) is 11.8 Å². The largest absolute Gasteiger partial charge is 0.360 e. The molecule has 0 aliphatic carbocycles. The number of hydrogen-bond acceptors (Lipinski definition) is 5. The number of aryl methyl sites for hydroxylation is 3. The lowest BCUT2D eigenvalue weighted by molar-refractivity contribution is -0.113. The van der Waals surface area contributed by atoms with Gasteiger partial charge in [0.15, 0.2) is 11.6 Å². The van der Waals surface area contributed by atoms with E-state index in [-0.39, 0.29) is 11.7 Å². The quantitative estimate of drug-likeness (QED) is 0.801. The predicted octanol–water partition coefficient (Wildman–Crippen LogP) is 3.98. The molecule has 1 N–H and O–H groups in total. The molecule has 2 rings (SSSR count). The first kappa shape index (κ1) is 18.3. The van der Waals surface area contributed by atoms with Crippen molar-refractivity contribution in [2.75, 3.05) is 11.1 Å². The van der Waals surface area contributed by atoms with Gasteiger partial charge in [-0.1, -0.05) is 11.2 Å². The summed E-state index contributed by atoms with van der Waals surface area (Å²) in [6.45, 7) is 9.34. The number of benzene rings is 1. The smallest absolute Gasteiger partial charge is 0.235 e. The highest BCUT2D eigenvalue weighted by atomic mass is 32.2. The Balaban J connectivity index is 2.00. The van der Waals surface area contributed by atoms with Crippen LogP contribution in [0.15, 0.2) is 16.7 Å². The molecule has 5 nitrogen and oxygen atoms in total. The van der Waals surface area contributed by atoms with Crippen LogP contribution in [0, 0.1) is 27.7 Å². The molecule has 1 amide bonds. The SMILES string of the molecule is CC(=O)c1c(C)cc(C)c(CSCC(=O)Nc2cc(C)on2)c1C. The van der Waals surface area contributed by atoms with Crippen molar-refractivity contribution in [3.8, 4) is 0 Å². The highest BCUT2D eigenvalue weighted by Gasteiger charge is 2.15. The summed E-state index contributed by atoms with van der Waals surface area (Å²) in [5, 5.41) is 6.44. The van der Waals surface area contributed by atoms with Crippen molar-refractivity contribution in [1.82, 2.24) is 5.16 Å². The third kappa shape index (κ3) is 4.26. The lowest BCUT2D eigenvalue weighted by Crippen LogP contribution is -2.14. The summed E-state index contributed by atoms with van der Waals surface area (Å²) >= 11 is 1.51. The van der Waals surface area contributed by atoms with Crippen LogP contribution >= 0.6 is 11.8 Å². The van der Waals surface area contributed by atoms with Crippen molar-refractivity contribution in [3.63, 3.8) is 0 Å². The Labute approximate surface area is 146 Å². The summed E-state index contributed by atoms with van der Waals surface area (Å²) in [5.74, 6) is 2.04. The first-order valence-electron chi connectivity index (χ1n) is 7.71. The van der Waals surface area contributed by atoms with E-state index in [1.807, 2.05) is 26.8 Å². The molecule has 0 bridgehead atoms. The van der Waals surface area contributed by atoms with Crippen LogP contribution in [-0.2, 0) is 10.5 Å². The van der Waals surface area contributed by atoms with Crippen LogP contribution in [0.1, 0.15) is 45.3 Å². The molecule has 0 unspecified atom stereocenters. The predicted molar refractivity (Wildman–Crippen MR) is 96.7 cm³/mol. The molecule has 0 radical (unpaired) electrons. The molecule has 0 saturated heterocycles. The number of rotatable bonds is 6. The first-order valence-corrected chi connectivity index (χ1v) is 8.86. The number of hydrogen-bond donors (Lipinski definition) is 1. The zero-order chi connectivity index (χ0) is 17.9. The monoisotopic (exact) mass is 346 g/mol. The zero-order valence-electron chi connectivity index (χ0n) is 14.6. The van der Waals surface area contributed by atoms with E-state index >= 15 is 0 Å². The summed E-state index contributed by atoms with van der Waals surface area (Å²) in [5.41, 5.74) is 5.08. The molecule has 0 saturated carbocycles. The van der Waals surface area contributed by atoms with Gasteiger partial charge in [0.05, 0.1) is 5.75 Å². The van der Waals surface area contributed by atoms with Gasteiger partial charge in [-0.25, -0.2) is 0 Å². The Kier molecular flexibility index (Phi) is 5.83. The summed E-state index contributed by atoms with van der Waals surface area (Å²) in [4.78, 5) is 23.8. The van der Waals surface area contributed by atoms with Gasteiger partial charge >= 0.3 is 0 Å². The van der Waals surface area contributed by atoms with Crippen molar-refractivity contribution < 1.29 is 14.1 Å². The van der Waals surface area contributed by atoms with E-state index in [1.54, 1.807) is 19.9 Å². The fourth-order valence-corrected chi connectivity index (χ4v) is 3.85. The number of thioether (sulfide) groups is 1. The fraction of sp³-hybridized carbons (Fsp3) is 0.389. The van der Waals surface area contributed by atoms with E-state index in [2.05, 4.69) is 10.5 Å². The molecule has 0 aliphatic heterocycles. The van der Waals surface area contributed by atoms with E-state index < -0.39 is 0 Å². The number of ketones is 1. The van der Waals surface area contributed by atoms with Crippen molar-refractivity contribution in [3.05, 3.63) is 45.7 Å². The molecule has 0 atom stereocenters. The average Bonchev–Trinajstić information content (AvgIpc) is 2.86. The van der Waals surface area contributed by atoms with E-state index in [4.69, 9.17) is 4.52 Å². The highest BCUT2D eigenvalue weighted by Crippen LogP contribution is 2.26. The maximum atomic E-state index is 11.9. The second-order valence-corrected chi connectivity index (χ2v) is 6.89. The van der Waals surface area contributed by atoms with Crippen LogP contribution in [-0.4, -0.2) is 22.6 Å². The second kappa shape index (κ2) is 7.66. The molecular weight excluding hydrogens is 324 g/mol. The molecule has 6 heteroatoms. The van der Waals surface area contributed by atoms with Gasteiger partial charge in [-0.05, 0) is 56.9 Å². The van der Waals surface area contributed by atoms with Crippen LogP contribution in [0.2, 0.25) is 0 Å². The minimum atomic E-state index is -0.123. The Hall–Kier alpha value is -2.08. The molecule has 0 spiro atoms. The van der Waals surface area contributed by atoms with Crippen molar-refractivity contribution >= 4 is 29.3 Å². The first-order chi connectivity index (χ1) is 11.3. The van der Waals surface area contributed by atoms with Crippen molar-refractivity contribution in [1.29, 1.82) is 0 Å². The lowest BCUT2D eigenvalue weighted by atomic mass is 9.92. The number of nitrogens with one attached hydrogen (secondary N) is 1. The van der Waals surface area contributed by atoms with Gasteiger partial charge in [0.1, 0.15) is 5.76 Å². The zero-order valence-corrected chi connectivity index (χ0v) is 15.5. The van der Waals surface area contributed by atoms with Crippen LogP contribution in [0.3, 0.4) is 0 Å². The Morgan fingerprint density at radius 2 is 1.88 bits per heavy atom. The number of nitrogens with zero attached hydrogens (tertiary/aromatic N) is 1. The molecule has 24 heavy (non-hydrogen) atoms. The average molecular weight is 346 g/mol. The Morgan fingerprint density at radius 1 is 1.17 bits per heavy atom. The van der Waals surface area contributed by atoms with Crippen LogP contribution < -0.4 is 5.32 Å². The molecule has 0 aliphatic rings. The molecule has 0 fully saturated rings. The van der Waals surface area contributed by atoms with Gasteiger partial charge in [-0.3, -0.25) is 9.59 Å². The number of carbonyl (C=O) groups excluding carboxylic acids is 2. The summed E-state index contributed by atoms with van der Waals surface area (Å²) in [6.07, 6.45) is 0. The van der Waals surface area contributed by atoms with Crippen molar-refractivity contribution in [2.45, 2.75) is 40.4 Å². The van der Waals surface area contributed by atoms with Crippen LogP contribution in [0.25, 0.3) is 0 Å². The third-order valence-corrected chi connectivity index (χ3v) is 4.82.